The van der Waals surface area contributed by atoms with Crippen LogP contribution in [0.3, 0.4) is 0 Å². The van der Waals surface area contributed by atoms with Crippen LogP contribution < -0.4 is 10.6 Å². The van der Waals surface area contributed by atoms with Gasteiger partial charge in [0, 0.05) is 37.6 Å². The highest BCUT2D eigenvalue weighted by Crippen LogP contribution is 2.71. The van der Waals surface area contributed by atoms with Crippen LogP contribution in [0.5, 0.6) is 0 Å². The molecule has 2 amide bonds. The number of nitrogens with zero attached hydrogens (tertiary/aromatic N) is 2. The number of likely N-dealkylation sites (tertiary alicyclic amines) is 2. The maximum absolute atomic E-state index is 13.2. The Balaban J connectivity index is 0.841. The smallest absolute Gasteiger partial charge is 0.232 e. The Bertz CT molecular complexity index is 1170. The Kier molecular flexibility index (Phi) is 8.81. The van der Waals surface area contributed by atoms with Crippen LogP contribution in [-0.4, -0.2) is 78.3 Å². The van der Waals surface area contributed by atoms with Gasteiger partial charge in [0.2, 0.25) is 11.8 Å². The predicted octanol–water partition coefficient (Wildman–Crippen LogP) is 6.36. The summed E-state index contributed by atoms with van der Waals surface area (Å²) in [5, 5.41) is 7.28. The van der Waals surface area contributed by atoms with Crippen LogP contribution in [0.2, 0.25) is 0 Å². The second-order valence-electron chi connectivity index (χ2n) is 18.7. The summed E-state index contributed by atoms with van der Waals surface area (Å²) in [6, 6.07) is 0.850. The Morgan fingerprint density at radius 2 is 1.60 bits per heavy atom. The Morgan fingerprint density at radius 1 is 0.830 bits per heavy atom. The highest BCUT2D eigenvalue weighted by Gasteiger charge is 2.68. The van der Waals surface area contributed by atoms with E-state index in [1.54, 1.807) is 0 Å². The third kappa shape index (κ3) is 5.63. The summed E-state index contributed by atoms with van der Waals surface area (Å²) < 4.78 is 7.11. The summed E-state index contributed by atoms with van der Waals surface area (Å²) in [6.07, 6.45) is 19.1. The largest absolute Gasteiger partial charge is 0.357 e. The van der Waals surface area contributed by atoms with Crippen LogP contribution >= 0.6 is 0 Å². The topological polar surface area (TPSA) is 73.9 Å². The number of nitrogens with one attached hydrogen (secondary N) is 2. The average Bonchev–Trinajstić information content (AvgIpc) is 3.52. The van der Waals surface area contributed by atoms with Crippen molar-refractivity contribution in [2.24, 2.45) is 52.3 Å². The molecule has 0 aromatic heterocycles. The minimum absolute atomic E-state index is 0.0242. The van der Waals surface area contributed by atoms with E-state index in [1.807, 2.05) is 4.90 Å². The Hall–Kier alpha value is -1.18. The fraction of sp³-hybridized carbons (Fsp3) is 0.950. The fourth-order valence-corrected chi connectivity index (χ4v) is 13.9. The lowest BCUT2D eigenvalue weighted by molar-refractivity contribution is -0.139. The molecule has 264 valence electrons. The van der Waals surface area contributed by atoms with Crippen molar-refractivity contribution in [1.29, 1.82) is 0 Å². The molecule has 8 aliphatic rings. The van der Waals surface area contributed by atoms with Gasteiger partial charge in [0.15, 0.2) is 0 Å². The molecule has 8 rings (SSSR count). The minimum atomic E-state index is -0.0760. The Labute approximate surface area is 285 Å². The summed E-state index contributed by atoms with van der Waals surface area (Å²) >= 11 is 0. The van der Waals surface area contributed by atoms with Crippen molar-refractivity contribution in [3.8, 4) is 0 Å². The van der Waals surface area contributed by atoms with Crippen LogP contribution in [0.15, 0.2) is 0 Å². The van der Waals surface area contributed by atoms with E-state index in [9.17, 15) is 9.59 Å². The van der Waals surface area contributed by atoms with Gasteiger partial charge in [0.25, 0.3) is 0 Å². The van der Waals surface area contributed by atoms with Crippen molar-refractivity contribution in [3.05, 3.63) is 0 Å². The normalized spacial score (nSPS) is 48.8. The molecule has 2 N–H and O–H groups in total. The van der Waals surface area contributed by atoms with Crippen LogP contribution in [-0.2, 0) is 14.3 Å². The number of carbonyl (C=O) groups excluding carboxylic acids is 2. The van der Waals surface area contributed by atoms with E-state index in [0.717, 1.165) is 69.0 Å². The van der Waals surface area contributed by atoms with Gasteiger partial charge in [0.1, 0.15) is 12.1 Å². The highest BCUT2D eigenvalue weighted by molar-refractivity contribution is 5.97. The second kappa shape index (κ2) is 12.5. The maximum atomic E-state index is 13.2. The molecular weight excluding hydrogens is 584 g/mol. The number of hydrogen-bond donors (Lipinski definition) is 2. The zero-order valence-electron chi connectivity index (χ0n) is 30.2. The number of ether oxygens (including phenoxy) is 1. The Morgan fingerprint density at radius 3 is 2.34 bits per heavy atom. The van der Waals surface area contributed by atoms with Gasteiger partial charge in [-0.1, -0.05) is 34.1 Å². The lowest BCUT2D eigenvalue weighted by atomic mass is 9.44. The van der Waals surface area contributed by atoms with Gasteiger partial charge in [-0.2, -0.15) is 0 Å². The van der Waals surface area contributed by atoms with Gasteiger partial charge in [-0.3, -0.25) is 14.9 Å². The first-order chi connectivity index (χ1) is 22.6. The van der Waals surface area contributed by atoms with Gasteiger partial charge >= 0.3 is 0 Å². The molecule has 8 fully saturated rings. The van der Waals surface area contributed by atoms with E-state index in [0.29, 0.717) is 40.7 Å². The van der Waals surface area contributed by atoms with E-state index in [1.165, 1.54) is 83.7 Å². The molecule has 12 atom stereocenters. The molecule has 0 aromatic carbocycles. The average molecular weight is 651 g/mol. The highest BCUT2D eigenvalue weighted by atomic mass is 16.5. The lowest BCUT2D eigenvalue weighted by Gasteiger charge is -2.61. The van der Waals surface area contributed by atoms with Crippen molar-refractivity contribution in [1.82, 2.24) is 20.4 Å². The molecule has 0 unspecified atom stereocenters. The first-order valence-corrected chi connectivity index (χ1v) is 20.3. The monoisotopic (exact) mass is 651 g/mol. The van der Waals surface area contributed by atoms with Gasteiger partial charge in [0.05, 0.1) is 6.10 Å². The standard InChI is InChI=1S/C40H66N4O3/c1-26-10-17-40(41-25-26)27(2)37-34(47-40)23-33-31-9-8-28-22-29(11-15-38(28,3)32(31)12-16-39(33,37)4)42-35(45)24-36(46)44-20-13-30(14-21-44)43-18-6-5-7-19-43/h26-34,37,41H,5-25H2,1-4H3,(H,42,45)/t26-,27+,28-,29-,31-,32+,33+,34+,37+,38+,39+,40-/m1/s1. The molecule has 4 saturated heterocycles. The van der Waals surface area contributed by atoms with Crippen molar-refractivity contribution in [2.45, 2.75) is 154 Å². The number of piperidine rings is 3. The minimum Gasteiger partial charge on any atom is -0.357 e. The van der Waals surface area contributed by atoms with Gasteiger partial charge < -0.3 is 19.9 Å². The maximum Gasteiger partial charge on any atom is 0.232 e. The van der Waals surface area contributed by atoms with E-state index < -0.39 is 0 Å². The van der Waals surface area contributed by atoms with E-state index in [4.69, 9.17) is 4.74 Å². The number of hydrogen-bond acceptors (Lipinski definition) is 5. The summed E-state index contributed by atoms with van der Waals surface area (Å²) in [6.45, 7) is 15.3. The van der Waals surface area contributed by atoms with Crippen LogP contribution in [0.1, 0.15) is 130 Å². The molecule has 4 heterocycles. The van der Waals surface area contributed by atoms with Crippen LogP contribution in [0.4, 0.5) is 0 Å². The van der Waals surface area contributed by atoms with Gasteiger partial charge in [-0.15, -0.1) is 0 Å². The molecule has 47 heavy (non-hydrogen) atoms. The van der Waals surface area contributed by atoms with Crippen LogP contribution in [0.25, 0.3) is 0 Å². The second-order valence-corrected chi connectivity index (χ2v) is 18.7. The summed E-state index contributed by atoms with van der Waals surface area (Å²) in [5.74, 6) is 5.14. The molecule has 1 spiro atoms. The third-order valence-electron chi connectivity index (χ3n) is 16.5. The number of rotatable bonds is 4. The van der Waals surface area contributed by atoms with Crippen LogP contribution in [0, 0.1) is 52.3 Å². The molecule has 7 heteroatoms. The summed E-state index contributed by atoms with van der Waals surface area (Å²) in [7, 11) is 0. The van der Waals surface area contributed by atoms with Gasteiger partial charge in [-0.05, 0) is 149 Å². The van der Waals surface area contributed by atoms with Crippen molar-refractivity contribution >= 4 is 11.8 Å². The molecule has 0 bridgehead atoms. The first-order valence-electron chi connectivity index (χ1n) is 20.3. The zero-order chi connectivity index (χ0) is 32.6. The molecule has 7 nitrogen and oxygen atoms in total. The predicted molar refractivity (Wildman–Crippen MR) is 185 cm³/mol. The fourth-order valence-electron chi connectivity index (χ4n) is 13.9. The van der Waals surface area contributed by atoms with E-state index in [-0.39, 0.29) is 30.0 Å². The molecule has 0 aromatic rings. The zero-order valence-corrected chi connectivity index (χ0v) is 30.2. The van der Waals surface area contributed by atoms with E-state index in [2.05, 4.69) is 43.2 Å². The summed E-state index contributed by atoms with van der Waals surface area (Å²) in [5.41, 5.74) is 0.711. The van der Waals surface area contributed by atoms with Crippen molar-refractivity contribution < 1.29 is 14.3 Å². The van der Waals surface area contributed by atoms with Gasteiger partial charge in [-0.25, -0.2) is 0 Å². The SMILES string of the molecule is C[C@@H]1CC[C@@]2(NC1)O[C@H]1C[C@H]3[C@@H]4CC[C@@H]5C[C@H](NC(=O)CC(=O)N6CCC(N7CCCCC7)CC6)CC[C@]5(C)[C@H]4CC[C@]3(C)[C@H]1[C@@H]2C. The summed E-state index contributed by atoms with van der Waals surface area (Å²) in [4.78, 5) is 30.9. The lowest BCUT2D eigenvalue weighted by Crippen LogP contribution is -2.58. The molecule has 4 saturated carbocycles. The van der Waals surface area contributed by atoms with E-state index >= 15 is 0 Å². The molecule has 4 aliphatic carbocycles. The molecule has 4 aliphatic heterocycles. The molecule has 0 radical (unpaired) electrons. The number of fused-ring (bicyclic) bond motifs is 7. The number of amides is 2. The number of carbonyl (C=O) groups is 2. The molecular formula is C40H66N4O3. The quantitative estimate of drug-likeness (QED) is 0.347. The first kappa shape index (κ1) is 33.0. The van der Waals surface area contributed by atoms with Crippen molar-refractivity contribution in [2.75, 3.05) is 32.7 Å². The third-order valence-corrected chi connectivity index (χ3v) is 16.5. The van der Waals surface area contributed by atoms with Crippen molar-refractivity contribution in [3.63, 3.8) is 0 Å².